The van der Waals surface area contributed by atoms with Crippen LogP contribution < -0.4 is 0 Å². The first-order valence-electron chi connectivity index (χ1n) is 3.83. The summed E-state index contributed by atoms with van der Waals surface area (Å²) >= 11 is 5.41. The zero-order valence-electron chi connectivity index (χ0n) is 7.00. The van der Waals surface area contributed by atoms with Gasteiger partial charge in [0.1, 0.15) is 0 Å². The lowest BCUT2D eigenvalue weighted by Crippen LogP contribution is -1.75. The number of halogens is 1. The normalized spacial score (nSPS) is 12.3. The van der Waals surface area contributed by atoms with Crippen LogP contribution in [0.1, 0.15) is 12.5 Å². The van der Waals surface area contributed by atoms with Gasteiger partial charge in [0.25, 0.3) is 0 Å². The molecule has 1 aromatic rings. The second-order valence-corrected chi connectivity index (χ2v) is 2.79. The first kappa shape index (κ1) is 9.08. The van der Waals surface area contributed by atoms with Crippen LogP contribution in [-0.4, -0.2) is 0 Å². The minimum Gasteiger partial charge on any atom is -0.0930 e. The maximum absolute atomic E-state index is 5.41. The van der Waals surface area contributed by atoms with Crippen LogP contribution in [-0.2, 0) is 0 Å². The molecule has 0 unspecified atom stereocenters. The monoisotopic (exact) mass is 178 g/mol. The second kappa shape index (κ2) is 4.78. The van der Waals surface area contributed by atoms with Gasteiger partial charge in [-0.1, -0.05) is 54.1 Å². The average molecular weight is 179 g/mol. The molecule has 1 heteroatoms. The lowest BCUT2D eigenvalue weighted by molar-refractivity contribution is 1.57. The minimum atomic E-state index is 1.22. The highest BCUT2D eigenvalue weighted by atomic mass is 35.5. The van der Waals surface area contributed by atoms with E-state index in [0.29, 0.717) is 0 Å². The van der Waals surface area contributed by atoms with E-state index in [1.165, 1.54) is 16.7 Å². The van der Waals surface area contributed by atoms with Crippen molar-refractivity contribution >= 4 is 17.2 Å². The van der Waals surface area contributed by atoms with E-state index in [0.717, 1.165) is 0 Å². The molecule has 1 rings (SSSR count). The predicted octanol–water partition coefficient (Wildman–Crippen LogP) is 3.84. The minimum absolute atomic E-state index is 1.22. The Labute approximate surface area is 78.2 Å². The summed E-state index contributed by atoms with van der Waals surface area (Å²) in [6, 6.07) is 10.2. The van der Waals surface area contributed by atoms with E-state index >= 15 is 0 Å². The van der Waals surface area contributed by atoms with Crippen molar-refractivity contribution in [3.05, 3.63) is 53.6 Å². The molecule has 62 valence electrons. The standard InChI is InChI=1S/C11H11Cl/c1-10(6-5-9-12)11-7-3-2-4-8-11/h2-9H,1H3. The highest BCUT2D eigenvalue weighted by Crippen LogP contribution is 2.12. The highest BCUT2D eigenvalue weighted by molar-refractivity contribution is 6.25. The maximum atomic E-state index is 5.41. The van der Waals surface area contributed by atoms with Gasteiger partial charge >= 0.3 is 0 Å². The third kappa shape index (κ3) is 2.55. The van der Waals surface area contributed by atoms with Gasteiger partial charge in [0.2, 0.25) is 0 Å². The molecule has 0 saturated carbocycles. The molecule has 0 nitrogen and oxygen atoms in total. The van der Waals surface area contributed by atoms with E-state index < -0.39 is 0 Å². The summed E-state index contributed by atoms with van der Waals surface area (Å²) < 4.78 is 0. The van der Waals surface area contributed by atoms with Crippen molar-refractivity contribution in [3.63, 3.8) is 0 Å². The summed E-state index contributed by atoms with van der Waals surface area (Å²) in [5.74, 6) is 0. The molecule has 12 heavy (non-hydrogen) atoms. The summed E-state index contributed by atoms with van der Waals surface area (Å²) in [6.45, 7) is 2.06. The second-order valence-electron chi connectivity index (χ2n) is 2.53. The Morgan fingerprint density at radius 3 is 2.50 bits per heavy atom. The topological polar surface area (TPSA) is 0 Å². The molecule has 1 aromatic carbocycles. The van der Waals surface area contributed by atoms with E-state index in [9.17, 15) is 0 Å². The number of rotatable bonds is 2. The lowest BCUT2D eigenvalue weighted by atomic mass is 10.1. The third-order valence-electron chi connectivity index (χ3n) is 1.65. The van der Waals surface area contributed by atoms with Gasteiger partial charge in [0.15, 0.2) is 0 Å². The van der Waals surface area contributed by atoms with Crippen LogP contribution in [0.4, 0.5) is 0 Å². The van der Waals surface area contributed by atoms with Crippen molar-refractivity contribution in [2.24, 2.45) is 0 Å². The molecule has 0 heterocycles. The molecule has 0 fully saturated rings. The highest BCUT2D eigenvalue weighted by Gasteiger charge is 1.89. The smallest absolute Gasteiger partial charge is 0.00425 e. The van der Waals surface area contributed by atoms with E-state index in [4.69, 9.17) is 11.6 Å². The Bertz CT molecular complexity index is 283. The SMILES string of the molecule is CC(=CC=CCl)c1ccccc1. The molecule has 0 aromatic heterocycles. The van der Waals surface area contributed by atoms with Crippen molar-refractivity contribution in [1.29, 1.82) is 0 Å². The Morgan fingerprint density at radius 1 is 1.25 bits per heavy atom. The number of benzene rings is 1. The Hall–Kier alpha value is -1.01. The third-order valence-corrected chi connectivity index (χ3v) is 1.79. The van der Waals surface area contributed by atoms with Gasteiger partial charge in [-0.2, -0.15) is 0 Å². The zero-order valence-corrected chi connectivity index (χ0v) is 7.75. The van der Waals surface area contributed by atoms with Gasteiger partial charge in [-0.15, -0.1) is 0 Å². The summed E-state index contributed by atoms with van der Waals surface area (Å²) in [5.41, 5.74) is 3.95. The molecule has 0 bridgehead atoms. The first-order chi connectivity index (χ1) is 5.84. The van der Waals surface area contributed by atoms with Crippen molar-refractivity contribution in [2.75, 3.05) is 0 Å². The van der Waals surface area contributed by atoms with Gasteiger partial charge < -0.3 is 0 Å². The van der Waals surface area contributed by atoms with E-state index in [-0.39, 0.29) is 0 Å². The van der Waals surface area contributed by atoms with E-state index in [1.54, 1.807) is 0 Å². The van der Waals surface area contributed by atoms with Crippen LogP contribution in [0.3, 0.4) is 0 Å². The molecule has 0 aliphatic rings. The van der Waals surface area contributed by atoms with Gasteiger partial charge in [-0.05, 0) is 18.1 Å². The van der Waals surface area contributed by atoms with Crippen LogP contribution >= 0.6 is 11.6 Å². The quantitative estimate of drug-likeness (QED) is 0.604. The molecular formula is C11H11Cl. The van der Waals surface area contributed by atoms with Crippen LogP contribution in [0.25, 0.3) is 5.57 Å². The Morgan fingerprint density at radius 2 is 1.92 bits per heavy atom. The zero-order chi connectivity index (χ0) is 8.81. The van der Waals surface area contributed by atoms with Crippen LogP contribution in [0.5, 0.6) is 0 Å². The van der Waals surface area contributed by atoms with Crippen molar-refractivity contribution in [1.82, 2.24) is 0 Å². The molecule has 0 radical (unpaired) electrons. The van der Waals surface area contributed by atoms with Crippen LogP contribution in [0.2, 0.25) is 0 Å². The van der Waals surface area contributed by atoms with Gasteiger partial charge in [0, 0.05) is 5.54 Å². The summed E-state index contributed by atoms with van der Waals surface area (Å²) in [6.07, 6.45) is 3.81. The number of hydrogen-bond acceptors (Lipinski definition) is 0. The van der Waals surface area contributed by atoms with E-state index in [2.05, 4.69) is 19.1 Å². The molecule has 0 N–H and O–H groups in total. The summed E-state index contributed by atoms with van der Waals surface area (Å²) in [7, 11) is 0. The van der Waals surface area contributed by atoms with Crippen LogP contribution in [0, 0.1) is 0 Å². The average Bonchev–Trinajstić information content (AvgIpc) is 2.15. The fourth-order valence-corrected chi connectivity index (χ4v) is 1.05. The summed E-state index contributed by atoms with van der Waals surface area (Å²) in [4.78, 5) is 0. The molecule has 0 atom stereocenters. The number of hydrogen-bond donors (Lipinski definition) is 0. The maximum Gasteiger partial charge on any atom is 0.00425 e. The lowest BCUT2D eigenvalue weighted by Gasteiger charge is -1.97. The van der Waals surface area contributed by atoms with Gasteiger partial charge in [-0.25, -0.2) is 0 Å². The molecule has 0 aliphatic carbocycles. The predicted molar refractivity (Wildman–Crippen MR) is 55.1 cm³/mol. The van der Waals surface area contributed by atoms with Crippen LogP contribution in [0.15, 0.2) is 48.0 Å². The molecular weight excluding hydrogens is 168 g/mol. The number of allylic oxidation sites excluding steroid dienone is 3. The van der Waals surface area contributed by atoms with Crippen molar-refractivity contribution in [2.45, 2.75) is 6.92 Å². The molecule has 0 aliphatic heterocycles. The largest absolute Gasteiger partial charge is 0.0930 e. The Kier molecular flexibility index (Phi) is 3.62. The first-order valence-corrected chi connectivity index (χ1v) is 4.27. The van der Waals surface area contributed by atoms with Gasteiger partial charge in [0.05, 0.1) is 0 Å². The van der Waals surface area contributed by atoms with Crippen molar-refractivity contribution in [3.8, 4) is 0 Å². The molecule has 0 saturated heterocycles. The van der Waals surface area contributed by atoms with Gasteiger partial charge in [-0.3, -0.25) is 0 Å². The Balaban J connectivity index is 2.85. The fourth-order valence-electron chi connectivity index (χ4n) is 0.978. The fraction of sp³-hybridized carbons (Fsp3) is 0.0909. The summed E-state index contributed by atoms with van der Waals surface area (Å²) in [5, 5.41) is 0. The van der Waals surface area contributed by atoms with E-state index in [1.807, 2.05) is 30.4 Å². The molecule has 0 spiro atoms. The molecule has 0 amide bonds. The van der Waals surface area contributed by atoms with Crippen molar-refractivity contribution < 1.29 is 0 Å².